The topological polar surface area (TPSA) is 92.9 Å². The number of halogens is 2. The van der Waals surface area contributed by atoms with Gasteiger partial charge in [-0.25, -0.2) is 8.78 Å². The molecule has 0 saturated heterocycles. The summed E-state index contributed by atoms with van der Waals surface area (Å²) in [7, 11) is 1.20. The number of nitrogens with zero attached hydrogens (tertiary/aromatic N) is 2. The van der Waals surface area contributed by atoms with E-state index in [0.29, 0.717) is 0 Å². The molecule has 1 rings (SSSR count). The number of aliphatic hydroxyl groups excluding tert-OH is 1. The van der Waals surface area contributed by atoms with Crippen LogP contribution in [0.25, 0.3) is 0 Å². The van der Waals surface area contributed by atoms with Gasteiger partial charge in [-0.3, -0.25) is 14.9 Å². The lowest BCUT2D eigenvalue weighted by molar-refractivity contribution is -0.385. The van der Waals surface area contributed by atoms with Gasteiger partial charge in [0.25, 0.3) is 12.3 Å². The molecule has 7 nitrogen and oxygen atoms in total. The van der Waals surface area contributed by atoms with Crippen molar-refractivity contribution in [1.29, 1.82) is 0 Å². The number of hydrogen-bond donors (Lipinski definition) is 1. The quantitative estimate of drug-likeness (QED) is 0.605. The van der Waals surface area contributed by atoms with Gasteiger partial charge in [-0.2, -0.15) is 0 Å². The minimum Gasteiger partial charge on any atom is -0.490 e. The summed E-state index contributed by atoms with van der Waals surface area (Å²) in [5.41, 5.74) is -0.372. The molecular formula is C12H14F2N2O5. The monoisotopic (exact) mass is 304 g/mol. The zero-order valence-electron chi connectivity index (χ0n) is 11.2. The Bertz CT molecular complexity index is 524. The SMILES string of the molecule is COc1cc(C(=O)N(CCO)CC(F)F)ccc1[N+](=O)[O-]. The minimum absolute atomic E-state index is 0.0356. The molecule has 1 aromatic carbocycles. The van der Waals surface area contributed by atoms with Gasteiger partial charge in [-0.1, -0.05) is 0 Å². The molecule has 0 atom stereocenters. The highest BCUT2D eigenvalue weighted by Crippen LogP contribution is 2.28. The van der Waals surface area contributed by atoms with E-state index in [-0.39, 0.29) is 23.5 Å². The molecule has 0 aliphatic carbocycles. The third kappa shape index (κ3) is 4.35. The molecule has 21 heavy (non-hydrogen) atoms. The van der Waals surface area contributed by atoms with Crippen LogP contribution in [0.4, 0.5) is 14.5 Å². The van der Waals surface area contributed by atoms with Crippen LogP contribution < -0.4 is 4.74 Å². The van der Waals surface area contributed by atoms with E-state index in [1.807, 2.05) is 0 Å². The third-order valence-corrected chi connectivity index (χ3v) is 2.64. The first kappa shape index (κ1) is 16.8. The maximum Gasteiger partial charge on any atom is 0.310 e. The number of alkyl halides is 2. The van der Waals surface area contributed by atoms with Crippen LogP contribution in [-0.2, 0) is 0 Å². The van der Waals surface area contributed by atoms with Crippen molar-refractivity contribution in [3.63, 3.8) is 0 Å². The first-order valence-electron chi connectivity index (χ1n) is 5.91. The van der Waals surface area contributed by atoms with Crippen molar-refractivity contribution in [3.05, 3.63) is 33.9 Å². The summed E-state index contributed by atoms with van der Waals surface area (Å²) in [6, 6.07) is 3.32. The zero-order valence-corrected chi connectivity index (χ0v) is 11.2. The average molecular weight is 304 g/mol. The van der Waals surface area contributed by atoms with Crippen LogP contribution in [-0.4, -0.2) is 54.1 Å². The highest BCUT2D eigenvalue weighted by Gasteiger charge is 2.22. The van der Waals surface area contributed by atoms with Gasteiger partial charge in [0.05, 0.1) is 25.2 Å². The highest BCUT2D eigenvalue weighted by atomic mass is 19.3. The van der Waals surface area contributed by atoms with Crippen molar-refractivity contribution in [3.8, 4) is 5.75 Å². The smallest absolute Gasteiger partial charge is 0.310 e. The number of nitro groups is 1. The van der Waals surface area contributed by atoms with Crippen molar-refractivity contribution in [2.75, 3.05) is 26.8 Å². The molecule has 0 aliphatic rings. The van der Waals surface area contributed by atoms with E-state index < -0.39 is 30.4 Å². The molecule has 0 saturated carbocycles. The van der Waals surface area contributed by atoms with Gasteiger partial charge >= 0.3 is 5.69 Å². The first-order valence-corrected chi connectivity index (χ1v) is 5.91. The van der Waals surface area contributed by atoms with E-state index in [1.165, 1.54) is 7.11 Å². The molecule has 0 spiro atoms. The summed E-state index contributed by atoms with van der Waals surface area (Å²) >= 11 is 0. The Hall–Kier alpha value is -2.29. The van der Waals surface area contributed by atoms with Gasteiger partial charge in [-0.05, 0) is 6.07 Å². The van der Waals surface area contributed by atoms with Crippen LogP contribution in [0.5, 0.6) is 5.75 Å². The second-order valence-corrected chi connectivity index (χ2v) is 4.01. The second-order valence-electron chi connectivity index (χ2n) is 4.01. The lowest BCUT2D eigenvalue weighted by Gasteiger charge is -2.21. The van der Waals surface area contributed by atoms with Gasteiger partial charge in [0, 0.05) is 24.2 Å². The molecule has 0 aromatic heterocycles. The number of amides is 1. The van der Waals surface area contributed by atoms with E-state index in [0.717, 1.165) is 23.1 Å². The Morgan fingerprint density at radius 3 is 2.67 bits per heavy atom. The van der Waals surface area contributed by atoms with Gasteiger partial charge in [0.2, 0.25) is 0 Å². The molecule has 0 bridgehead atoms. The van der Waals surface area contributed by atoms with Crippen molar-refractivity contribution in [2.24, 2.45) is 0 Å². The Morgan fingerprint density at radius 1 is 1.52 bits per heavy atom. The largest absolute Gasteiger partial charge is 0.490 e. The molecule has 0 radical (unpaired) electrons. The summed E-state index contributed by atoms with van der Waals surface area (Å²) < 4.78 is 29.6. The fourth-order valence-electron chi connectivity index (χ4n) is 1.71. The summed E-state index contributed by atoms with van der Waals surface area (Å²) in [4.78, 5) is 22.9. The van der Waals surface area contributed by atoms with Crippen molar-refractivity contribution in [2.45, 2.75) is 6.43 Å². The molecule has 0 unspecified atom stereocenters. The predicted octanol–water partition coefficient (Wildman–Crippen LogP) is 1.30. The molecule has 1 aromatic rings. The van der Waals surface area contributed by atoms with Crippen molar-refractivity contribution < 1.29 is 28.3 Å². The Kier molecular flexibility index (Phi) is 5.97. The van der Waals surface area contributed by atoms with Crippen LogP contribution in [0.1, 0.15) is 10.4 Å². The van der Waals surface area contributed by atoms with E-state index in [2.05, 4.69) is 0 Å². The number of ether oxygens (including phenoxy) is 1. The fourth-order valence-corrected chi connectivity index (χ4v) is 1.71. The highest BCUT2D eigenvalue weighted by molar-refractivity contribution is 5.95. The first-order chi connectivity index (χ1) is 9.90. The molecular weight excluding hydrogens is 290 g/mol. The molecule has 1 amide bonds. The number of carbonyl (C=O) groups is 1. The zero-order chi connectivity index (χ0) is 16.0. The van der Waals surface area contributed by atoms with Crippen LogP contribution in [0, 0.1) is 10.1 Å². The number of benzene rings is 1. The second kappa shape index (κ2) is 7.48. The van der Waals surface area contributed by atoms with Gasteiger partial charge in [-0.15, -0.1) is 0 Å². The lowest BCUT2D eigenvalue weighted by atomic mass is 10.1. The number of hydrogen-bond acceptors (Lipinski definition) is 5. The Labute approximate surface area is 118 Å². The maximum absolute atomic E-state index is 12.4. The lowest BCUT2D eigenvalue weighted by Crippen LogP contribution is -2.37. The van der Waals surface area contributed by atoms with Crippen LogP contribution in [0.3, 0.4) is 0 Å². The average Bonchev–Trinajstić information content (AvgIpc) is 2.44. The van der Waals surface area contributed by atoms with E-state index in [9.17, 15) is 23.7 Å². The normalized spacial score (nSPS) is 10.5. The summed E-state index contributed by atoms with van der Waals surface area (Å²) in [6.45, 7) is -1.57. The standard InChI is InChI=1S/C12H14F2N2O5/c1-21-10-6-8(2-3-9(10)16(19)20)12(18)15(4-5-17)7-11(13)14/h2-3,6,11,17H,4-5,7H2,1H3. The predicted molar refractivity (Wildman–Crippen MR) is 68.6 cm³/mol. The number of carbonyl (C=O) groups excluding carboxylic acids is 1. The number of rotatable bonds is 7. The van der Waals surface area contributed by atoms with E-state index >= 15 is 0 Å². The number of aliphatic hydroxyl groups is 1. The minimum atomic E-state index is -2.75. The molecule has 0 fully saturated rings. The van der Waals surface area contributed by atoms with Gasteiger partial charge in [0.1, 0.15) is 0 Å². The summed E-state index contributed by atoms with van der Waals surface area (Å²) in [5, 5.41) is 19.6. The van der Waals surface area contributed by atoms with Crippen molar-refractivity contribution >= 4 is 11.6 Å². The van der Waals surface area contributed by atoms with Crippen LogP contribution in [0.15, 0.2) is 18.2 Å². The van der Waals surface area contributed by atoms with E-state index in [1.54, 1.807) is 0 Å². The van der Waals surface area contributed by atoms with Crippen molar-refractivity contribution in [1.82, 2.24) is 4.90 Å². The molecule has 9 heteroatoms. The number of methoxy groups -OCH3 is 1. The van der Waals surface area contributed by atoms with Gasteiger partial charge in [0.15, 0.2) is 5.75 Å². The molecule has 116 valence electrons. The fraction of sp³-hybridized carbons (Fsp3) is 0.417. The van der Waals surface area contributed by atoms with E-state index in [4.69, 9.17) is 9.84 Å². The Balaban J connectivity index is 3.07. The van der Waals surface area contributed by atoms with Gasteiger partial charge < -0.3 is 14.7 Å². The summed E-state index contributed by atoms with van der Waals surface area (Å²) in [5.74, 6) is -0.913. The molecule has 1 N–H and O–H groups in total. The third-order valence-electron chi connectivity index (χ3n) is 2.64. The maximum atomic E-state index is 12.4. The molecule has 0 heterocycles. The van der Waals surface area contributed by atoms with Crippen LogP contribution >= 0.6 is 0 Å². The number of nitro benzene ring substituents is 1. The summed E-state index contributed by atoms with van der Waals surface area (Å²) in [6.07, 6.45) is -2.75. The van der Waals surface area contributed by atoms with Crippen LogP contribution in [0.2, 0.25) is 0 Å². The Morgan fingerprint density at radius 2 is 2.19 bits per heavy atom. The molecule has 0 aliphatic heterocycles.